The van der Waals surface area contributed by atoms with Crippen molar-refractivity contribution in [1.29, 1.82) is 0 Å². The average molecular weight is 428 g/mol. The maximum absolute atomic E-state index is 5.50. The molecular formula is C24H20N4O4. The number of H-pyrrole nitrogens is 1. The highest BCUT2D eigenvalue weighted by Gasteiger charge is 2.18. The van der Waals surface area contributed by atoms with Gasteiger partial charge in [0.05, 0.1) is 32.4 Å². The van der Waals surface area contributed by atoms with Gasteiger partial charge >= 0.3 is 0 Å². The lowest BCUT2D eigenvalue weighted by molar-refractivity contribution is 0.324. The summed E-state index contributed by atoms with van der Waals surface area (Å²) in [4.78, 5) is 12.5. The maximum Gasteiger partial charge on any atom is 0.258 e. The molecule has 2 heterocycles. The van der Waals surface area contributed by atoms with E-state index >= 15 is 0 Å². The molecule has 0 aliphatic rings. The first-order chi connectivity index (χ1) is 15.7. The Morgan fingerprint density at radius 3 is 2.09 bits per heavy atom. The van der Waals surface area contributed by atoms with Crippen LogP contribution < -0.4 is 14.2 Å². The second-order valence-corrected chi connectivity index (χ2v) is 7.02. The van der Waals surface area contributed by atoms with Crippen molar-refractivity contribution in [1.82, 2.24) is 20.1 Å². The molecule has 0 amide bonds. The van der Waals surface area contributed by atoms with Crippen molar-refractivity contribution >= 4 is 11.0 Å². The average Bonchev–Trinajstić information content (AvgIpc) is 3.51. The first-order valence-electron chi connectivity index (χ1n) is 9.90. The van der Waals surface area contributed by atoms with Crippen LogP contribution in [0.15, 0.2) is 65.2 Å². The van der Waals surface area contributed by atoms with E-state index in [1.807, 2.05) is 48.5 Å². The third-order valence-corrected chi connectivity index (χ3v) is 5.14. The van der Waals surface area contributed by atoms with Crippen molar-refractivity contribution in [2.24, 2.45) is 0 Å². The topological polar surface area (TPSA) is 95.3 Å². The highest BCUT2D eigenvalue weighted by molar-refractivity contribution is 5.79. The summed E-state index contributed by atoms with van der Waals surface area (Å²) < 4.78 is 21.7. The number of methoxy groups -OCH3 is 3. The van der Waals surface area contributed by atoms with Crippen LogP contribution in [-0.2, 0) is 0 Å². The number of fused-ring (bicyclic) bond motifs is 1. The second kappa shape index (κ2) is 8.07. The van der Waals surface area contributed by atoms with Crippen molar-refractivity contribution < 1.29 is 18.7 Å². The third-order valence-electron chi connectivity index (χ3n) is 5.14. The van der Waals surface area contributed by atoms with Gasteiger partial charge in [0.1, 0.15) is 5.82 Å². The van der Waals surface area contributed by atoms with Gasteiger partial charge in [0.2, 0.25) is 11.6 Å². The first-order valence-corrected chi connectivity index (χ1v) is 9.90. The van der Waals surface area contributed by atoms with E-state index in [0.717, 1.165) is 28.0 Å². The zero-order valence-electron chi connectivity index (χ0n) is 17.7. The molecule has 0 aliphatic heterocycles. The van der Waals surface area contributed by atoms with Crippen LogP contribution in [0.4, 0.5) is 0 Å². The van der Waals surface area contributed by atoms with Crippen molar-refractivity contribution in [2.45, 2.75) is 0 Å². The maximum atomic E-state index is 5.50. The fourth-order valence-electron chi connectivity index (χ4n) is 3.53. The molecular weight excluding hydrogens is 408 g/mol. The van der Waals surface area contributed by atoms with Gasteiger partial charge in [0.15, 0.2) is 11.5 Å². The number of nitrogens with one attached hydrogen (secondary N) is 1. The molecule has 0 saturated heterocycles. The minimum atomic E-state index is 0.348. The molecule has 160 valence electrons. The number of aromatic nitrogens is 4. The van der Waals surface area contributed by atoms with E-state index in [9.17, 15) is 0 Å². The molecule has 0 saturated carbocycles. The number of hydrogen-bond donors (Lipinski definition) is 1. The van der Waals surface area contributed by atoms with Gasteiger partial charge in [-0.2, -0.15) is 4.98 Å². The van der Waals surface area contributed by atoms with Gasteiger partial charge in [-0.05, 0) is 24.3 Å². The molecule has 8 nitrogen and oxygen atoms in total. The summed E-state index contributed by atoms with van der Waals surface area (Å²) in [5.41, 5.74) is 4.39. The van der Waals surface area contributed by atoms with E-state index in [2.05, 4.69) is 20.1 Å². The van der Waals surface area contributed by atoms with Crippen LogP contribution >= 0.6 is 0 Å². The number of benzene rings is 3. The SMILES string of the molecule is COc1cc(-c2nc(-c3ccc(-c4nc5ccccc5[nH]4)cc3)no2)cc(OC)c1OC. The minimum absolute atomic E-state index is 0.348. The lowest BCUT2D eigenvalue weighted by Crippen LogP contribution is -1.95. The Balaban J connectivity index is 1.45. The lowest BCUT2D eigenvalue weighted by atomic mass is 10.1. The predicted molar refractivity (Wildman–Crippen MR) is 120 cm³/mol. The molecule has 0 unspecified atom stereocenters. The quantitative estimate of drug-likeness (QED) is 0.408. The van der Waals surface area contributed by atoms with Crippen molar-refractivity contribution in [3.05, 3.63) is 60.7 Å². The van der Waals surface area contributed by atoms with Crippen molar-refractivity contribution in [3.8, 4) is 51.5 Å². The minimum Gasteiger partial charge on any atom is -0.493 e. The van der Waals surface area contributed by atoms with Gasteiger partial charge in [-0.3, -0.25) is 0 Å². The summed E-state index contributed by atoms with van der Waals surface area (Å²) in [6, 6.07) is 19.3. The number of imidazole rings is 1. The van der Waals surface area contributed by atoms with E-state index in [0.29, 0.717) is 34.5 Å². The zero-order valence-corrected chi connectivity index (χ0v) is 17.7. The van der Waals surface area contributed by atoms with Crippen molar-refractivity contribution in [2.75, 3.05) is 21.3 Å². The van der Waals surface area contributed by atoms with Gasteiger partial charge in [-0.25, -0.2) is 4.98 Å². The van der Waals surface area contributed by atoms with Crippen LogP contribution in [0.2, 0.25) is 0 Å². The highest BCUT2D eigenvalue weighted by atomic mass is 16.5. The summed E-state index contributed by atoms with van der Waals surface area (Å²) in [5, 5.41) is 4.13. The summed E-state index contributed by atoms with van der Waals surface area (Å²) >= 11 is 0. The Morgan fingerprint density at radius 2 is 1.44 bits per heavy atom. The zero-order chi connectivity index (χ0) is 22.1. The molecule has 32 heavy (non-hydrogen) atoms. The van der Waals surface area contributed by atoms with Gasteiger partial charge in [-0.15, -0.1) is 0 Å². The summed E-state index contributed by atoms with van der Waals surface area (Å²) in [6.07, 6.45) is 0. The molecule has 1 N–H and O–H groups in total. The van der Waals surface area contributed by atoms with Gasteiger partial charge in [0.25, 0.3) is 5.89 Å². The van der Waals surface area contributed by atoms with Crippen LogP contribution in [0.3, 0.4) is 0 Å². The summed E-state index contributed by atoms with van der Waals surface area (Å²) in [7, 11) is 4.67. The van der Waals surface area contributed by atoms with E-state index in [1.54, 1.807) is 33.5 Å². The van der Waals surface area contributed by atoms with Gasteiger partial charge in [-0.1, -0.05) is 41.6 Å². The number of rotatable bonds is 6. The van der Waals surface area contributed by atoms with Crippen LogP contribution in [0.1, 0.15) is 0 Å². The van der Waals surface area contributed by atoms with Gasteiger partial charge in [0, 0.05) is 16.7 Å². The number of para-hydroxylation sites is 2. The molecule has 0 atom stereocenters. The van der Waals surface area contributed by atoms with Crippen LogP contribution in [0.5, 0.6) is 17.2 Å². The first kappa shape index (κ1) is 19.6. The van der Waals surface area contributed by atoms with E-state index in [1.165, 1.54) is 0 Å². The van der Waals surface area contributed by atoms with Crippen LogP contribution in [0, 0.1) is 0 Å². The van der Waals surface area contributed by atoms with E-state index < -0.39 is 0 Å². The number of ether oxygens (including phenoxy) is 3. The number of nitrogens with zero attached hydrogens (tertiary/aromatic N) is 3. The normalized spacial score (nSPS) is 11.0. The largest absolute Gasteiger partial charge is 0.493 e. The molecule has 0 bridgehead atoms. The molecule has 0 radical (unpaired) electrons. The molecule has 0 spiro atoms. The predicted octanol–water partition coefficient (Wildman–Crippen LogP) is 4.97. The summed E-state index contributed by atoms with van der Waals surface area (Å²) in [5.74, 6) is 3.16. The summed E-state index contributed by atoms with van der Waals surface area (Å²) in [6.45, 7) is 0. The monoisotopic (exact) mass is 428 g/mol. The highest BCUT2D eigenvalue weighted by Crippen LogP contribution is 2.41. The molecule has 0 fully saturated rings. The molecule has 2 aromatic heterocycles. The van der Waals surface area contributed by atoms with Gasteiger partial charge < -0.3 is 23.7 Å². The molecule has 0 aliphatic carbocycles. The van der Waals surface area contributed by atoms with E-state index in [4.69, 9.17) is 18.7 Å². The Hall–Kier alpha value is -4.33. The smallest absolute Gasteiger partial charge is 0.258 e. The molecule has 5 aromatic rings. The number of hydrogen-bond acceptors (Lipinski definition) is 7. The Kier molecular flexibility index (Phi) is 4.95. The van der Waals surface area contributed by atoms with Crippen molar-refractivity contribution in [3.63, 3.8) is 0 Å². The second-order valence-electron chi connectivity index (χ2n) is 7.02. The third kappa shape index (κ3) is 3.41. The Labute approximate surface area is 183 Å². The Morgan fingerprint density at radius 1 is 0.750 bits per heavy atom. The Bertz CT molecular complexity index is 1330. The van der Waals surface area contributed by atoms with Crippen LogP contribution in [-0.4, -0.2) is 41.4 Å². The fourth-order valence-corrected chi connectivity index (χ4v) is 3.53. The lowest BCUT2D eigenvalue weighted by Gasteiger charge is -2.12. The van der Waals surface area contributed by atoms with E-state index in [-0.39, 0.29) is 0 Å². The molecule has 8 heteroatoms. The molecule has 3 aromatic carbocycles. The van der Waals surface area contributed by atoms with Crippen LogP contribution in [0.25, 0.3) is 45.3 Å². The molecule has 5 rings (SSSR count). The standard InChI is InChI=1S/C24H20N4O4/c1-29-19-12-16(13-20(30-2)21(19)31-3)24-27-23(28-32-24)15-10-8-14(9-11-15)22-25-17-6-4-5-7-18(17)26-22/h4-13H,1-3H3,(H,25,26). The fraction of sp³-hybridized carbons (Fsp3) is 0.125. The number of aromatic amines is 1.